The van der Waals surface area contributed by atoms with Crippen LogP contribution in [0.2, 0.25) is 10.4 Å². The fraction of sp³-hybridized carbons (Fsp3) is 0.500. The molecule has 0 saturated carbocycles. The summed E-state index contributed by atoms with van der Waals surface area (Å²) in [6.45, 7) is 0.755. The van der Waals surface area contributed by atoms with Crippen LogP contribution in [0.15, 0.2) is 6.07 Å². The van der Waals surface area contributed by atoms with Crippen LogP contribution >= 0.6 is 23.2 Å². The van der Waals surface area contributed by atoms with Crippen molar-refractivity contribution in [3.63, 3.8) is 0 Å². The van der Waals surface area contributed by atoms with Gasteiger partial charge >= 0.3 is 0 Å². The van der Waals surface area contributed by atoms with E-state index in [4.69, 9.17) is 27.9 Å². The fourth-order valence-electron chi connectivity index (χ4n) is 1.33. The van der Waals surface area contributed by atoms with Gasteiger partial charge in [0.05, 0.1) is 25.4 Å². The van der Waals surface area contributed by atoms with E-state index in [1.165, 1.54) is 0 Å². The number of hydrogen-bond donors (Lipinski definition) is 2. The number of ether oxygens (including phenoxy) is 1. The summed E-state index contributed by atoms with van der Waals surface area (Å²) < 4.78 is 5.08. The Morgan fingerprint density at radius 3 is 2.80 bits per heavy atom. The second-order valence-corrected chi connectivity index (χ2v) is 3.93. The summed E-state index contributed by atoms with van der Waals surface area (Å²) in [5.74, 6) is 0.481. The van der Waals surface area contributed by atoms with E-state index >= 15 is 0 Å². The molecule has 0 aliphatic carbocycles. The van der Waals surface area contributed by atoms with Crippen molar-refractivity contribution in [3.05, 3.63) is 16.5 Å². The van der Waals surface area contributed by atoms with Crippen molar-refractivity contribution < 1.29 is 9.84 Å². The number of aliphatic hydroxyl groups is 1. The Morgan fingerprint density at radius 1 is 1.40 bits per heavy atom. The van der Waals surface area contributed by atoms with Crippen LogP contribution in [-0.2, 0) is 4.74 Å². The zero-order chi connectivity index (χ0) is 10.8. The van der Waals surface area contributed by atoms with E-state index in [1.54, 1.807) is 6.07 Å². The van der Waals surface area contributed by atoms with Crippen molar-refractivity contribution in [1.82, 2.24) is 9.97 Å². The van der Waals surface area contributed by atoms with Crippen LogP contribution in [0, 0.1) is 0 Å². The lowest BCUT2D eigenvalue weighted by Crippen LogP contribution is -2.32. The van der Waals surface area contributed by atoms with Gasteiger partial charge in [-0.1, -0.05) is 11.6 Å². The van der Waals surface area contributed by atoms with Crippen LogP contribution < -0.4 is 5.32 Å². The Kier molecular flexibility index (Phi) is 3.25. The van der Waals surface area contributed by atoms with Gasteiger partial charge in [-0.2, -0.15) is 0 Å². The maximum Gasteiger partial charge on any atom is 0.225 e. The molecule has 1 saturated heterocycles. The van der Waals surface area contributed by atoms with Crippen LogP contribution in [-0.4, -0.2) is 40.4 Å². The number of anilines is 1. The molecule has 1 aliphatic rings. The third kappa shape index (κ3) is 2.69. The molecule has 0 amide bonds. The Morgan fingerprint density at radius 2 is 2.20 bits per heavy atom. The molecule has 82 valence electrons. The summed E-state index contributed by atoms with van der Waals surface area (Å²) in [6, 6.07) is 1.35. The highest BCUT2D eigenvalue weighted by Crippen LogP contribution is 2.17. The van der Waals surface area contributed by atoms with Crippen LogP contribution in [0.4, 0.5) is 5.82 Å². The van der Waals surface area contributed by atoms with Gasteiger partial charge in [-0.3, -0.25) is 0 Å². The molecule has 0 spiro atoms. The van der Waals surface area contributed by atoms with E-state index in [9.17, 15) is 5.11 Å². The number of halogens is 2. The minimum atomic E-state index is -0.544. The van der Waals surface area contributed by atoms with Crippen LogP contribution in [0.25, 0.3) is 0 Å². The van der Waals surface area contributed by atoms with Crippen molar-refractivity contribution in [2.24, 2.45) is 0 Å². The van der Waals surface area contributed by atoms with Crippen molar-refractivity contribution in [1.29, 1.82) is 0 Å². The third-order valence-electron chi connectivity index (χ3n) is 2.05. The molecular weight excluding hydrogens is 241 g/mol. The van der Waals surface area contributed by atoms with Gasteiger partial charge < -0.3 is 15.2 Å². The zero-order valence-corrected chi connectivity index (χ0v) is 9.16. The van der Waals surface area contributed by atoms with Gasteiger partial charge in [-0.25, -0.2) is 9.97 Å². The average molecular weight is 250 g/mol. The van der Waals surface area contributed by atoms with E-state index in [0.29, 0.717) is 19.0 Å². The van der Waals surface area contributed by atoms with Gasteiger partial charge in [0, 0.05) is 6.07 Å². The summed E-state index contributed by atoms with van der Waals surface area (Å²) in [4.78, 5) is 7.64. The van der Waals surface area contributed by atoms with E-state index in [0.717, 1.165) is 0 Å². The smallest absolute Gasteiger partial charge is 0.225 e. The van der Waals surface area contributed by atoms with E-state index in [1.807, 2.05) is 0 Å². The monoisotopic (exact) mass is 249 g/mol. The predicted molar refractivity (Wildman–Crippen MR) is 56.3 cm³/mol. The average Bonchev–Trinajstić information content (AvgIpc) is 2.50. The molecule has 0 unspecified atom stereocenters. The van der Waals surface area contributed by atoms with Gasteiger partial charge in [0.2, 0.25) is 5.28 Å². The minimum absolute atomic E-state index is 0.0680. The number of aromatic nitrogens is 2. The fourth-order valence-corrected chi connectivity index (χ4v) is 1.74. The summed E-state index contributed by atoms with van der Waals surface area (Å²) >= 11 is 11.3. The van der Waals surface area contributed by atoms with Gasteiger partial charge in [-0.15, -0.1) is 0 Å². The molecule has 2 atom stereocenters. The van der Waals surface area contributed by atoms with Gasteiger partial charge in [0.1, 0.15) is 11.0 Å². The van der Waals surface area contributed by atoms with E-state index < -0.39 is 6.10 Å². The number of rotatable bonds is 2. The lowest BCUT2D eigenvalue weighted by atomic mass is 10.2. The Hall–Kier alpha value is -0.620. The van der Waals surface area contributed by atoms with Gasteiger partial charge in [0.25, 0.3) is 0 Å². The SMILES string of the molecule is O[C@@H]1COC[C@H]1Nc1cc(Cl)nc(Cl)n1. The first-order valence-corrected chi connectivity index (χ1v) is 5.13. The molecule has 0 radical (unpaired) electrons. The summed E-state index contributed by atoms with van der Waals surface area (Å²) in [6.07, 6.45) is -0.544. The second kappa shape index (κ2) is 4.49. The van der Waals surface area contributed by atoms with Crippen LogP contribution in [0.5, 0.6) is 0 Å². The minimum Gasteiger partial charge on any atom is -0.388 e. The summed E-state index contributed by atoms with van der Waals surface area (Å²) in [7, 11) is 0. The molecule has 1 aromatic heterocycles. The molecule has 2 N–H and O–H groups in total. The Bertz CT molecular complexity index is 343. The molecule has 2 heterocycles. The highest BCUT2D eigenvalue weighted by Gasteiger charge is 2.26. The van der Waals surface area contributed by atoms with E-state index in [-0.39, 0.29) is 16.5 Å². The number of aliphatic hydroxyl groups excluding tert-OH is 1. The molecule has 5 nitrogen and oxygen atoms in total. The molecular formula is C8H9Cl2N3O2. The van der Waals surface area contributed by atoms with Crippen molar-refractivity contribution in [2.75, 3.05) is 18.5 Å². The standard InChI is InChI=1S/C8H9Cl2N3O2/c9-6-1-7(13-8(10)12-6)11-4-2-15-3-5(4)14/h1,4-5,14H,2-3H2,(H,11,12,13)/t4-,5-/m1/s1. The molecule has 0 aromatic carbocycles. The van der Waals surface area contributed by atoms with Crippen LogP contribution in [0.1, 0.15) is 0 Å². The third-order valence-corrected chi connectivity index (χ3v) is 2.41. The molecule has 2 rings (SSSR count). The maximum absolute atomic E-state index is 9.49. The zero-order valence-electron chi connectivity index (χ0n) is 7.65. The first kappa shape index (κ1) is 10.9. The molecule has 1 aliphatic heterocycles. The van der Waals surface area contributed by atoms with Gasteiger partial charge in [-0.05, 0) is 11.6 Å². The largest absolute Gasteiger partial charge is 0.388 e. The molecule has 1 fully saturated rings. The van der Waals surface area contributed by atoms with Gasteiger partial charge in [0.15, 0.2) is 0 Å². The van der Waals surface area contributed by atoms with E-state index in [2.05, 4.69) is 15.3 Å². The first-order chi connectivity index (χ1) is 7.15. The molecule has 0 bridgehead atoms. The summed E-state index contributed by atoms with van der Waals surface area (Å²) in [5.41, 5.74) is 0. The quantitative estimate of drug-likeness (QED) is 0.604. The Balaban J connectivity index is 2.10. The van der Waals surface area contributed by atoms with Crippen molar-refractivity contribution >= 4 is 29.0 Å². The molecule has 1 aromatic rings. The molecule has 7 heteroatoms. The van der Waals surface area contributed by atoms with Crippen molar-refractivity contribution in [3.8, 4) is 0 Å². The predicted octanol–water partition coefficient (Wildman–Crippen LogP) is 0.955. The second-order valence-electron chi connectivity index (χ2n) is 3.20. The van der Waals surface area contributed by atoms with Crippen LogP contribution in [0.3, 0.4) is 0 Å². The lowest BCUT2D eigenvalue weighted by molar-refractivity contribution is 0.125. The number of hydrogen-bond acceptors (Lipinski definition) is 5. The highest BCUT2D eigenvalue weighted by molar-refractivity contribution is 6.32. The lowest BCUT2D eigenvalue weighted by Gasteiger charge is -2.14. The maximum atomic E-state index is 9.49. The highest BCUT2D eigenvalue weighted by atomic mass is 35.5. The van der Waals surface area contributed by atoms with Crippen molar-refractivity contribution in [2.45, 2.75) is 12.1 Å². The normalized spacial score (nSPS) is 25.5. The topological polar surface area (TPSA) is 67.3 Å². The summed E-state index contributed by atoms with van der Waals surface area (Å²) in [5, 5.41) is 12.8. The number of nitrogens with one attached hydrogen (secondary N) is 1. The number of nitrogens with zero attached hydrogens (tertiary/aromatic N) is 2. The first-order valence-electron chi connectivity index (χ1n) is 4.37. The Labute approximate surface area is 96.4 Å². The molecule has 15 heavy (non-hydrogen) atoms.